The molecule has 0 radical (unpaired) electrons. The summed E-state index contributed by atoms with van der Waals surface area (Å²) >= 11 is 1.71. The van der Waals surface area contributed by atoms with Gasteiger partial charge in [-0.2, -0.15) is 5.10 Å². The van der Waals surface area contributed by atoms with Gasteiger partial charge >= 0.3 is 0 Å². The lowest BCUT2D eigenvalue weighted by Crippen LogP contribution is -2.02. The lowest BCUT2D eigenvalue weighted by atomic mass is 10.1. The minimum atomic E-state index is -0.330. The van der Waals surface area contributed by atoms with Gasteiger partial charge < -0.3 is 9.84 Å². The molecule has 4 aromatic rings. The highest BCUT2D eigenvalue weighted by molar-refractivity contribution is 7.19. The number of aryl methyl sites for hydroxylation is 2. The van der Waals surface area contributed by atoms with Gasteiger partial charge in [-0.05, 0) is 43.0 Å². The molecule has 3 heterocycles. The Morgan fingerprint density at radius 2 is 2.18 bits per heavy atom. The van der Waals surface area contributed by atoms with Crippen LogP contribution in [0.25, 0.3) is 16.0 Å². The summed E-state index contributed by atoms with van der Waals surface area (Å²) in [4.78, 5) is 24.0. The highest BCUT2D eigenvalue weighted by atomic mass is 32.1. The van der Waals surface area contributed by atoms with Crippen molar-refractivity contribution in [3.05, 3.63) is 58.5 Å². The van der Waals surface area contributed by atoms with Crippen LogP contribution in [0, 0.1) is 0 Å². The molecule has 3 aromatic heterocycles. The number of carbonyl (C=O) groups excluding carboxylic acids is 1. The van der Waals surface area contributed by atoms with E-state index in [1.807, 2.05) is 0 Å². The Morgan fingerprint density at radius 3 is 3.04 bits per heavy atom. The van der Waals surface area contributed by atoms with E-state index in [1.54, 1.807) is 28.3 Å². The summed E-state index contributed by atoms with van der Waals surface area (Å²) in [5.41, 5.74) is 1.83. The second-order valence-corrected chi connectivity index (χ2v) is 7.70. The third-order valence-electron chi connectivity index (χ3n) is 4.99. The van der Waals surface area contributed by atoms with E-state index in [0.717, 1.165) is 29.5 Å². The molecule has 0 saturated heterocycles. The van der Waals surface area contributed by atoms with Gasteiger partial charge in [0.15, 0.2) is 11.6 Å². The Kier molecular flexibility index (Phi) is 3.87. The maximum atomic E-state index is 12.9. The number of hydrogen-bond acceptors (Lipinski definition) is 7. The number of rotatable bonds is 4. The first kappa shape index (κ1) is 16.9. The summed E-state index contributed by atoms with van der Waals surface area (Å²) in [6.45, 7) is 0. The Bertz CT molecular complexity index is 1230. The average Bonchev–Trinajstić information content (AvgIpc) is 3.43. The molecule has 140 valence electrons. The lowest BCUT2D eigenvalue weighted by molar-refractivity contribution is 0.103. The number of methoxy groups -OCH3 is 1. The normalized spacial score (nSPS) is 13.0. The van der Waals surface area contributed by atoms with E-state index < -0.39 is 0 Å². The van der Waals surface area contributed by atoms with Gasteiger partial charge in [-0.1, -0.05) is 0 Å². The Balaban J connectivity index is 1.58. The number of thiophene rings is 1. The zero-order valence-electron chi connectivity index (χ0n) is 15.0. The standard InChI is InChI=1S/C20H16N4O3S/c1-27-12-5-6-15(25)14(7-12)18(26)11-8-23-24(9-11)19-17-13-3-2-4-16(13)28-20(17)22-10-21-19/h5-10,25H,2-4H2,1H3. The minimum Gasteiger partial charge on any atom is -0.507 e. The van der Waals surface area contributed by atoms with Gasteiger partial charge in [0.2, 0.25) is 0 Å². The second-order valence-electron chi connectivity index (χ2n) is 6.62. The van der Waals surface area contributed by atoms with Gasteiger partial charge in [0, 0.05) is 11.1 Å². The van der Waals surface area contributed by atoms with Crippen LogP contribution in [0.2, 0.25) is 0 Å². The monoisotopic (exact) mass is 392 g/mol. The first-order valence-corrected chi connectivity index (χ1v) is 9.69. The van der Waals surface area contributed by atoms with Crippen LogP contribution in [0.4, 0.5) is 0 Å². The van der Waals surface area contributed by atoms with E-state index >= 15 is 0 Å². The van der Waals surface area contributed by atoms with Gasteiger partial charge in [0.1, 0.15) is 22.7 Å². The van der Waals surface area contributed by atoms with Crippen molar-refractivity contribution >= 4 is 27.3 Å². The van der Waals surface area contributed by atoms with Crippen LogP contribution in [0.5, 0.6) is 11.5 Å². The van der Waals surface area contributed by atoms with E-state index in [9.17, 15) is 9.90 Å². The maximum Gasteiger partial charge on any atom is 0.200 e. The fourth-order valence-electron chi connectivity index (χ4n) is 3.62. The Hall–Kier alpha value is -3.26. The van der Waals surface area contributed by atoms with Crippen LogP contribution in [-0.2, 0) is 12.8 Å². The summed E-state index contributed by atoms with van der Waals surface area (Å²) < 4.78 is 6.76. The van der Waals surface area contributed by atoms with Crippen molar-refractivity contribution in [2.24, 2.45) is 0 Å². The molecule has 0 amide bonds. The first-order valence-electron chi connectivity index (χ1n) is 8.87. The molecule has 0 bridgehead atoms. The molecule has 0 unspecified atom stereocenters. The summed E-state index contributed by atoms with van der Waals surface area (Å²) in [5, 5.41) is 15.5. The molecule has 0 spiro atoms. The van der Waals surface area contributed by atoms with Gasteiger partial charge in [-0.3, -0.25) is 4.79 Å². The zero-order chi connectivity index (χ0) is 19.3. The third-order valence-corrected chi connectivity index (χ3v) is 6.19. The number of carbonyl (C=O) groups is 1. The lowest BCUT2D eigenvalue weighted by Gasteiger charge is -2.05. The van der Waals surface area contributed by atoms with Crippen molar-refractivity contribution in [2.45, 2.75) is 19.3 Å². The van der Waals surface area contributed by atoms with Crippen molar-refractivity contribution < 1.29 is 14.6 Å². The minimum absolute atomic E-state index is 0.0985. The van der Waals surface area contributed by atoms with Crippen LogP contribution < -0.4 is 4.74 Å². The van der Waals surface area contributed by atoms with E-state index in [4.69, 9.17) is 4.74 Å². The molecule has 28 heavy (non-hydrogen) atoms. The fraction of sp³-hybridized carbons (Fsp3) is 0.200. The number of ketones is 1. The largest absolute Gasteiger partial charge is 0.507 e. The number of phenolic OH excluding ortho intramolecular Hbond substituents is 1. The van der Waals surface area contributed by atoms with Crippen LogP contribution in [0.3, 0.4) is 0 Å². The van der Waals surface area contributed by atoms with Gasteiger partial charge in [0.25, 0.3) is 0 Å². The number of nitrogens with zero attached hydrogens (tertiary/aromatic N) is 4. The van der Waals surface area contributed by atoms with E-state index in [-0.39, 0.29) is 17.1 Å². The van der Waals surface area contributed by atoms with E-state index in [0.29, 0.717) is 17.1 Å². The number of fused-ring (bicyclic) bond motifs is 3. The molecule has 8 heteroatoms. The van der Waals surface area contributed by atoms with Crippen molar-refractivity contribution in [2.75, 3.05) is 7.11 Å². The van der Waals surface area contributed by atoms with Crippen molar-refractivity contribution in [3.8, 4) is 17.3 Å². The first-order chi connectivity index (χ1) is 13.7. The van der Waals surface area contributed by atoms with Crippen LogP contribution >= 0.6 is 11.3 Å². The molecular formula is C20H16N4O3S. The van der Waals surface area contributed by atoms with Gasteiger partial charge in [-0.15, -0.1) is 11.3 Å². The molecule has 7 nitrogen and oxygen atoms in total. The molecule has 1 N–H and O–H groups in total. The summed E-state index contributed by atoms with van der Waals surface area (Å²) in [7, 11) is 1.51. The van der Waals surface area contributed by atoms with Crippen molar-refractivity contribution in [1.82, 2.24) is 19.7 Å². The van der Waals surface area contributed by atoms with Gasteiger partial charge in [0.05, 0.1) is 29.8 Å². The summed E-state index contributed by atoms with van der Waals surface area (Å²) in [6.07, 6.45) is 7.89. The molecule has 1 aliphatic rings. The predicted octanol–water partition coefficient (Wildman–Crippen LogP) is 3.31. The number of aromatic nitrogens is 4. The molecule has 0 fully saturated rings. The highest BCUT2D eigenvalue weighted by Gasteiger charge is 2.23. The summed E-state index contributed by atoms with van der Waals surface area (Å²) in [6, 6.07) is 4.56. The summed E-state index contributed by atoms with van der Waals surface area (Å²) in [5.74, 6) is 0.750. The van der Waals surface area contributed by atoms with Gasteiger partial charge in [-0.25, -0.2) is 14.6 Å². The van der Waals surface area contributed by atoms with Crippen LogP contribution in [0.15, 0.2) is 36.9 Å². The molecule has 0 atom stereocenters. The zero-order valence-corrected chi connectivity index (χ0v) is 15.9. The molecule has 1 aliphatic carbocycles. The molecule has 5 rings (SSSR count). The smallest absolute Gasteiger partial charge is 0.200 e. The highest BCUT2D eigenvalue weighted by Crippen LogP contribution is 2.38. The number of phenols is 1. The predicted molar refractivity (Wildman–Crippen MR) is 105 cm³/mol. The average molecular weight is 392 g/mol. The molecule has 0 saturated carbocycles. The fourth-order valence-corrected chi connectivity index (χ4v) is 4.84. The quantitative estimate of drug-likeness (QED) is 0.536. The molecular weight excluding hydrogens is 376 g/mol. The SMILES string of the molecule is COc1ccc(O)c(C(=O)c2cnn(-c3ncnc4sc5c(c34)CCC5)c2)c1. The van der Waals surface area contributed by atoms with Crippen LogP contribution in [0.1, 0.15) is 32.8 Å². The topological polar surface area (TPSA) is 90.1 Å². The number of aromatic hydroxyl groups is 1. The maximum absolute atomic E-state index is 12.9. The number of benzene rings is 1. The van der Waals surface area contributed by atoms with E-state index in [1.165, 1.54) is 42.2 Å². The number of hydrogen-bond donors (Lipinski definition) is 1. The van der Waals surface area contributed by atoms with E-state index in [2.05, 4.69) is 15.1 Å². The van der Waals surface area contributed by atoms with Crippen molar-refractivity contribution in [1.29, 1.82) is 0 Å². The molecule has 1 aromatic carbocycles. The molecule has 0 aliphatic heterocycles. The second kappa shape index (κ2) is 6.42. The number of ether oxygens (including phenoxy) is 1. The Labute approximate surface area is 164 Å². The van der Waals surface area contributed by atoms with Crippen molar-refractivity contribution in [3.63, 3.8) is 0 Å². The Morgan fingerprint density at radius 1 is 1.29 bits per heavy atom. The van der Waals surface area contributed by atoms with Crippen LogP contribution in [-0.4, -0.2) is 37.7 Å². The third kappa shape index (κ3) is 2.56.